The monoisotopic (exact) mass is 224 g/mol. The predicted molar refractivity (Wildman–Crippen MR) is 65.2 cm³/mol. The Morgan fingerprint density at radius 1 is 1.12 bits per heavy atom. The quantitative estimate of drug-likeness (QED) is 0.736. The molecule has 0 bridgehead atoms. The van der Waals surface area contributed by atoms with E-state index in [9.17, 15) is 4.79 Å². The molecule has 2 unspecified atom stereocenters. The molecule has 0 aromatic carbocycles. The van der Waals surface area contributed by atoms with Crippen molar-refractivity contribution in [3.8, 4) is 0 Å². The zero-order valence-corrected chi connectivity index (χ0v) is 10.5. The van der Waals surface area contributed by atoms with Gasteiger partial charge in [-0.15, -0.1) is 0 Å². The molecule has 2 heterocycles. The Bertz CT molecular complexity index is 238. The average Bonchev–Trinajstić information content (AvgIpc) is 2.30. The van der Waals surface area contributed by atoms with Crippen molar-refractivity contribution in [2.75, 3.05) is 13.1 Å². The van der Waals surface area contributed by atoms with Gasteiger partial charge in [0.15, 0.2) is 0 Å². The molecular weight excluding hydrogens is 200 g/mol. The summed E-state index contributed by atoms with van der Waals surface area (Å²) in [6, 6.07) is 0.886. The van der Waals surface area contributed by atoms with Crippen molar-refractivity contribution < 1.29 is 4.79 Å². The van der Waals surface area contributed by atoms with Gasteiger partial charge in [-0.1, -0.05) is 0 Å². The topological polar surface area (TPSA) is 32.3 Å². The van der Waals surface area contributed by atoms with Crippen LogP contribution in [0.4, 0.5) is 0 Å². The second kappa shape index (κ2) is 5.17. The maximum absolute atomic E-state index is 12.5. The summed E-state index contributed by atoms with van der Waals surface area (Å²) in [5, 5.41) is 3.34. The lowest BCUT2D eigenvalue weighted by Gasteiger charge is -2.41. The summed E-state index contributed by atoms with van der Waals surface area (Å²) in [4.78, 5) is 14.6. The summed E-state index contributed by atoms with van der Waals surface area (Å²) in [6.07, 6.45) is 5.84. The minimum Gasteiger partial charge on any atom is -0.337 e. The molecule has 3 atom stereocenters. The minimum absolute atomic E-state index is 0.233. The van der Waals surface area contributed by atoms with Gasteiger partial charge in [0.05, 0.1) is 5.92 Å². The fourth-order valence-electron chi connectivity index (χ4n) is 3.13. The highest BCUT2D eigenvalue weighted by molar-refractivity contribution is 5.80. The Morgan fingerprint density at radius 3 is 2.38 bits per heavy atom. The Labute approximate surface area is 98.6 Å². The van der Waals surface area contributed by atoms with Crippen molar-refractivity contribution >= 4 is 5.91 Å². The van der Waals surface area contributed by atoms with Crippen molar-refractivity contribution in [2.45, 2.75) is 58.0 Å². The third kappa shape index (κ3) is 2.40. The molecule has 0 spiro atoms. The highest BCUT2D eigenvalue weighted by Gasteiger charge is 2.33. The van der Waals surface area contributed by atoms with Gasteiger partial charge in [0, 0.05) is 18.6 Å². The van der Waals surface area contributed by atoms with Crippen LogP contribution in [-0.2, 0) is 4.79 Å². The number of likely N-dealkylation sites (tertiary alicyclic amines) is 1. The van der Waals surface area contributed by atoms with Crippen molar-refractivity contribution in [1.29, 1.82) is 0 Å². The van der Waals surface area contributed by atoms with E-state index in [4.69, 9.17) is 0 Å². The number of carbonyl (C=O) groups is 1. The highest BCUT2D eigenvalue weighted by Crippen LogP contribution is 2.26. The van der Waals surface area contributed by atoms with Crippen molar-refractivity contribution in [3.63, 3.8) is 0 Å². The molecule has 92 valence electrons. The standard InChI is InChI=1S/C13H24N2O/c1-10-5-3-6-11(2)15(10)13(16)12-7-4-8-14-9-12/h10-12,14H,3-9H2,1-2H3/t10?,11?,12-/m0/s1. The van der Waals surface area contributed by atoms with Gasteiger partial charge in [-0.3, -0.25) is 4.79 Å². The van der Waals surface area contributed by atoms with Gasteiger partial charge in [0.1, 0.15) is 0 Å². The first-order chi connectivity index (χ1) is 7.70. The minimum atomic E-state index is 0.233. The van der Waals surface area contributed by atoms with Crippen LogP contribution >= 0.6 is 0 Å². The number of amides is 1. The Hall–Kier alpha value is -0.570. The maximum atomic E-state index is 12.5. The van der Waals surface area contributed by atoms with Gasteiger partial charge >= 0.3 is 0 Å². The highest BCUT2D eigenvalue weighted by atomic mass is 16.2. The Balaban J connectivity index is 2.00. The first-order valence-corrected chi connectivity index (χ1v) is 6.73. The molecule has 2 aliphatic rings. The predicted octanol–water partition coefficient (Wildman–Crippen LogP) is 1.78. The third-order valence-electron chi connectivity index (χ3n) is 4.09. The molecule has 1 N–H and O–H groups in total. The lowest BCUT2D eigenvalue weighted by molar-refractivity contribution is -0.142. The number of carbonyl (C=O) groups excluding carboxylic acids is 1. The fourth-order valence-corrected chi connectivity index (χ4v) is 3.13. The van der Waals surface area contributed by atoms with Gasteiger partial charge in [-0.2, -0.15) is 0 Å². The van der Waals surface area contributed by atoms with Crippen molar-refractivity contribution in [3.05, 3.63) is 0 Å². The number of rotatable bonds is 1. The van der Waals surface area contributed by atoms with Crippen LogP contribution in [-0.4, -0.2) is 36.0 Å². The zero-order chi connectivity index (χ0) is 11.5. The number of nitrogens with zero attached hydrogens (tertiary/aromatic N) is 1. The molecule has 3 heteroatoms. The lowest BCUT2D eigenvalue weighted by Crippen LogP contribution is -2.52. The molecule has 1 amide bonds. The first kappa shape index (κ1) is 11.9. The van der Waals surface area contributed by atoms with E-state index in [1.165, 1.54) is 19.3 Å². The van der Waals surface area contributed by atoms with E-state index < -0.39 is 0 Å². The fraction of sp³-hybridized carbons (Fsp3) is 0.923. The van der Waals surface area contributed by atoms with Crippen LogP contribution in [0.25, 0.3) is 0 Å². The summed E-state index contributed by atoms with van der Waals surface area (Å²) in [5.74, 6) is 0.628. The van der Waals surface area contributed by atoms with Crippen molar-refractivity contribution in [1.82, 2.24) is 10.2 Å². The summed E-state index contributed by atoms with van der Waals surface area (Å²) in [6.45, 7) is 6.36. The van der Waals surface area contributed by atoms with Crippen LogP contribution in [0.3, 0.4) is 0 Å². The van der Waals surface area contributed by atoms with Crippen molar-refractivity contribution in [2.24, 2.45) is 5.92 Å². The molecule has 0 saturated carbocycles. The van der Waals surface area contributed by atoms with Crippen LogP contribution in [0.2, 0.25) is 0 Å². The second-order valence-corrected chi connectivity index (χ2v) is 5.42. The van der Waals surface area contributed by atoms with E-state index in [-0.39, 0.29) is 5.92 Å². The van der Waals surface area contributed by atoms with Crippen LogP contribution < -0.4 is 5.32 Å². The van der Waals surface area contributed by atoms with Crippen LogP contribution in [0.5, 0.6) is 0 Å². The van der Waals surface area contributed by atoms with E-state index in [1.807, 2.05) is 0 Å². The van der Waals surface area contributed by atoms with E-state index in [0.29, 0.717) is 18.0 Å². The molecular formula is C13H24N2O. The second-order valence-electron chi connectivity index (χ2n) is 5.42. The summed E-state index contributed by atoms with van der Waals surface area (Å²) < 4.78 is 0. The van der Waals surface area contributed by atoms with E-state index in [2.05, 4.69) is 24.1 Å². The lowest BCUT2D eigenvalue weighted by atomic mass is 9.92. The van der Waals surface area contributed by atoms with Gasteiger partial charge in [0.25, 0.3) is 0 Å². The van der Waals surface area contributed by atoms with Crippen LogP contribution in [0, 0.1) is 5.92 Å². The largest absolute Gasteiger partial charge is 0.337 e. The van der Waals surface area contributed by atoms with Gasteiger partial charge in [-0.25, -0.2) is 0 Å². The molecule has 3 nitrogen and oxygen atoms in total. The molecule has 0 radical (unpaired) electrons. The Morgan fingerprint density at radius 2 is 1.81 bits per heavy atom. The zero-order valence-electron chi connectivity index (χ0n) is 10.5. The molecule has 0 aromatic heterocycles. The smallest absolute Gasteiger partial charge is 0.227 e. The first-order valence-electron chi connectivity index (χ1n) is 6.73. The molecule has 0 aromatic rings. The van der Waals surface area contributed by atoms with Gasteiger partial charge in [-0.05, 0) is 52.5 Å². The summed E-state index contributed by atoms with van der Waals surface area (Å²) >= 11 is 0. The normalized spacial score (nSPS) is 36.1. The number of nitrogens with one attached hydrogen (secondary N) is 1. The molecule has 16 heavy (non-hydrogen) atoms. The summed E-state index contributed by atoms with van der Waals surface area (Å²) in [5.41, 5.74) is 0. The number of hydrogen-bond donors (Lipinski definition) is 1. The van der Waals surface area contributed by atoms with E-state index in [1.54, 1.807) is 0 Å². The molecule has 0 aliphatic carbocycles. The van der Waals surface area contributed by atoms with Gasteiger partial charge in [0.2, 0.25) is 5.91 Å². The maximum Gasteiger partial charge on any atom is 0.227 e. The molecule has 2 saturated heterocycles. The molecule has 2 aliphatic heterocycles. The van der Waals surface area contributed by atoms with E-state index >= 15 is 0 Å². The average molecular weight is 224 g/mol. The Kier molecular flexibility index (Phi) is 3.85. The summed E-state index contributed by atoms with van der Waals surface area (Å²) in [7, 11) is 0. The van der Waals surface area contributed by atoms with Crippen LogP contribution in [0.15, 0.2) is 0 Å². The number of hydrogen-bond acceptors (Lipinski definition) is 2. The third-order valence-corrected chi connectivity index (χ3v) is 4.09. The number of piperidine rings is 2. The van der Waals surface area contributed by atoms with Gasteiger partial charge < -0.3 is 10.2 Å². The molecule has 2 rings (SSSR count). The van der Waals surface area contributed by atoms with E-state index in [0.717, 1.165) is 25.9 Å². The SMILES string of the molecule is CC1CCCC(C)N1C(=O)[C@H]1CCCNC1. The van der Waals surface area contributed by atoms with Crippen LogP contribution in [0.1, 0.15) is 46.0 Å². The molecule has 2 fully saturated rings.